The Morgan fingerprint density at radius 2 is 2.23 bits per heavy atom. The lowest BCUT2D eigenvalue weighted by atomic mass is 10.1. The quantitative estimate of drug-likeness (QED) is 0.312. The summed E-state index contributed by atoms with van der Waals surface area (Å²) in [6, 6.07) is 5.10. The smallest absolute Gasteiger partial charge is 0.147 e. The van der Waals surface area contributed by atoms with E-state index in [1.807, 2.05) is 0 Å². The summed E-state index contributed by atoms with van der Waals surface area (Å²) >= 11 is 0. The fraction of sp³-hybridized carbons (Fsp3) is 0.222. The van der Waals surface area contributed by atoms with Gasteiger partial charge in [0.25, 0.3) is 0 Å². The summed E-state index contributed by atoms with van der Waals surface area (Å²) in [7, 11) is 1.45. The second kappa shape index (κ2) is 3.80. The first kappa shape index (κ1) is 9.38. The van der Waals surface area contributed by atoms with E-state index in [4.69, 9.17) is 5.73 Å². The monoisotopic (exact) mass is 180 g/mol. The summed E-state index contributed by atoms with van der Waals surface area (Å²) in [6.07, 6.45) is 0. The standard InChI is InChI=1S/C9H12N2O2/c1-6(11-13-2)7-4-3-5-8(10)9(7)12/h3-5,12H,10H2,1-2H3. The Kier molecular flexibility index (Phi) is 2.74. The van der Waals surface area contributed by atoms with Crippen LogP contribution >= 0.6 is 0 Å². The highest BCUT2D eigenvalue weighted by Gasteiger charge is 2.06. The van der Waals surface area contributed by atoms with E-state index in [9.17, 15) is 5.11 Å². The number of benzene rings is 1. The Morgan fingerprint density at radius 1 is 1.54 bits per heavy atom. The molecule has 13 heavy (non-hydrogen) atoms. The van der Waals surface area contributed by atoms with E-state index in [2.05, 4.69) is 9.99 Å². The molecule has 1 aromatic carbocycles. The fourth-order valence-corrected chi connectivity index (χ4v) is 1.04. The van der Waals surface area contributed by atoms with Crippen molar-refractivity contribution in [3.63, 3.8) is 0 Å². The predicted molar refractivity (Wildman–Crippen MR) is 51.7 cm³/mol. The van der Waals surface area contributed by atoms with E-state index in [0.29, 0.717) is 17.0 Å². The van der Waals surface area contributed by atoms with Crippen LogP contribution in [0, 0.1) is 0 Å². The maximum atomic E-state index is 9.53. The molecule has 4 nitrogen and oxygen atoms in total. The molecule has 0 aliphatic carbocycles. The molecule has 1 aromatic rings. The van der Waals surface area contributed by atoms with E-state index in [-0.39, 0.29) is 5.75 Å². The van der Waals surface area contributed by atoms with Crippen LogP contribution in [0.15, 0.2) is 23.4 Å². The maximum Gasteiger partial charge on any atom is 0.147 e. The number of anilines is 1. The van der Waals surface area contributed by atoms with E-state index < -0.39 is 0 Å². The van der Waals surface area contributed by atoms with E-state index in [1.165, 1.54) is 7.11 Å². The van der Waals surface area contributed by atoms with Crippen molar-refractivity contribution in [2.45, 2.75) is 6.92 Å². The van der Waals surface area contributed by atoms with Crippen molar-refractivity contribution < 1.29 is 9.94 Å². The number of oxime groups is 1. The summed E-state index contributed by atoms with van der Waals surface area (Å²) in [4.78, 5) is 4.59. The van der Waals surface area contributed by atoms with Gasteiger partial charge in [0.05, 0.1) is 11.4 Å². The van der Waals surface area contributed by atoms with Gasteiger partial charge in [-0.25, -0.2) is 0 Å². The molecule has 1 rings (SSSR count). The molecule has 0 bridgehead atoms. The molecule has 0 fully saturated rings. The maximum absolute atomic E-state index is 9.53. The number of hydrogen-bond donors (Lipinski definition) is 2. The van der Waals surface area contributed by atoms with Crippen LogP contribution in [0.25, 0.3) is 0 Å². The molecule has 0 aromatic heterocycles. The Labute approximate surface area is 76.6 Å². The lowest BCUT2D eigenvalue weighted by Crippen LogP contribution is -1.98. The van der Waals surface area contributed by atoms with Crippen LogP contribution in [-0.2, 0) is 4.84 Å². The Bertz CT molecular complexity index is 334. The zero-order valence-corrected chi connectivity index (χ0v) is 7.61. The lowest BCUT2D eigenvalue weighted by molar-refractivity contribution is 0.213. The zero-order chi connectivity index (χ0) is 9.84. The molecule has 0 unspecified atom stereocenters. The van der Waals surface area contributed by atoms with Gasteiger partial charge in [-0.15, -0.1) is 0 Å². The summed E-state index contributed by atoms with van der Waals surface area (Å²) < 4.78 is 0. The van der Waals surface area contributed by atoms with Gasteiger partial charge in [0.1, 0.15) is 12.9 Å². The molecule has 0 amide bonds. The molecule has 0 saturated carbocycles. The molecule has 0 atom stereocenters. The third-order valence-electron chi connectivity index (χ3n) is 1.69. The molecule has 3 N–H and O–H groups in total. The molecule has 0 spiro atoms. The molecule has 70 valence electrons. The number of aromatic hydroxyl groups is 1. The lowest BCUT2D eigenvalue weighted by Gasteiger charge is -2.04. The van der Waals surface area contributed by atoms with Gasteiger partial charge < -0.3 is 15.7 Å². The van der Waals surface area contributed by atoms with Gasteiger partial charge in [0, 0.05) is 5.56 Å². The topological polar surface area (TPSA) is 67.8 Å². The number of rotatable bonds is 2. The van der Waals surface area contributed by atoms with Gasteiger partial charge in [0.15, 0.2) is 0 Å². The highest BCUT2D eigenvalue weighted by atomic mass is 16.6. The van der Waals surface area contributed by atoms with Gasteiger partial charge in [-0.2, -0.15) is 0 Å². The summed E-state index contributed by atoms with van der Waals surface area (Å²) in [5.41, 5.74) is 7.02. The highest BCUT2D eigenvalue weighted by molar-refractivity contribution is 6.02. The SMILES string of the molecule is CON=C(C)c1cccc(N)c1O. The number of para-hydroxylation sites is 1. The Morgan fingerprint density at radius 3 is 2.85 bits per heavy atom. The van der Waals surface area contributed by atoms with Crippen LogP contribution in [0.5, 0.6) is 5.75 Å². The number of nitrogens with two attached hydrogens (primary N) is 1. The molecule has 0 aliphatic heterocycles. The van der Waals surface area contributed by atoms with Crippen molar-refractivity contribution in [1.82, 2.24) is 0 Å². The molecule has 0 heterocycles. The highest BCUT2D eigenvalue weighted by Crippen LogP contribution is 2.24. The van der Waals surface area contributed by atoms with Crippen molar-refractivity contribution in [2.24, 2.45) is 5.16 Å². The van der Waals surface area contributed by atoms with Crippen LogP contribution in [0.3, 0.4) is 0 Å². The molecule has 0 saturated heterocycles. The van der Waals surface area contributed by atoms with E-state index >= 15 is 0 Å². The van der Waals surface area contributed by atoms with E-state index in [1.54, 1.807) is 25.1 Å². The van der Waals surface area contributed by atoms with Crippen molar-refractivity contribution in [1.29, 1.82) is 0 Å². The van der Waals surface area contributed by atoms with Crippen LogP contribution < -0.4 is 5.73 Å². The largest absolute Gasteiger partial charge is 0.505 e. The fourth-order valence-electron chi connectivity index (χ4n) is 1.04. The van der Waals surface area contributed by atoms with Gasteiger partial charge in [-0.3, -0.25) is 0 Å². The summed E-state index contributed by atoms with van der Waals surface area (Å²) in [5, 5.41) is 13.2. The van der Waals surface area contributed by atoms with Gasteiger partial charge in [-0.05, 0) is 19.1 Å². The van der Waals surface area contributed by atoms with Crippen LogP contribution in [0.1, 0.15) is 12.5 Å². The molecule has 4 heteroatoms. The average Bonchev–Trinajstić information content (AvgIpc) is 2.10. The first-order chi connectivity index (χ1) is 6.16. The van der Waals surface area contributed by atoms with Crippen LogP contribution in [0.4, 0.5) is 5.69 Å². The number of nitrogen functional groups attached to an aromatic ring is 1. The first-order valence-corrected chi connectivity index (χ1v) is 3.82. The Balaban J connectivity index is 3.15. The zero-order valence-electron chi connectivity index (χ0n) is 7.61. The van der Waals surface area contributed by atoms with Crippen LogP contribution in [-0.4, -0.2) is 17.9 Å². The number of nitrogens with zero attached hydrogens (tertiary/aromatic N) is 1. The van der Waals surface area contributed by atoms with Crippen LogP contribution in [0.2, 0.25) is 0 Å². The predicted octanol–water partition coefficient (Wildman–Crippen LogP) is 1.34. The van der Waals surface area contributed by atoms with Crippen molar-refractivity contribution >= 4 is 11.4 Å². The molecule has 0 aliphatic rings. The number of hydrogen-bond acceptors (Lipinski definition) is 4. The second-order valence-corrected chi connectivity index (χ2v) is 2.60. The number of phenolic OH excluding ortho intramolecular Hbond substituents is 1. The molecule has 0 radical (unpaired) electrons. The van der Waals surface area contributed by atoms with Crippen molar-refractivity contribution in [3.8, 4) is 5.75 Å². The summed E-state index contributed by atoms with van der Waals surface area (Å²) in [5.74, 6) is 0.0424. The van der Waals surface area contributed by atoms with Gasteiger partial charge in [-0.1, -0.05) is 11.2 Å². The second-order valence-electron chi connectivity index (χ2n) is 2.60. The normalized spacial score (nSPS) is 11.4. The molecular weight excluding hydrogens is 168 g/mol. The minimum atomic E-state index is 0.0424. The minimum absolute atomic E-state index is 0.0424. The first-order valence-electron chi connectivity index (χ1n) is 3.82. The number of phenols is 1. The third kappa shape index (κ3) is 1.90. The minimum Gasteiger partial charge on any atom is -0.505 e. The average molecular weight is 180 g/mol. The molecular formula is C9H12N2O2. The van der Waals surface area contributed by atoms with E-state index in [0.717, 1.165) is 0 Å². The van der Waals surface area contributed by atoms with Crippen molar-refractivity contribution in [2.75, 3.05) is 12.8 Å². The Hall–Kier alpha value is -1.71. The summed E-state index contributed by atoms with van der Waals surface area (Å²) in [6.45, 7) is 1.73. The third-order valence-corrected chi connectivity index (χ3v) is 1.69. The van der Waals surface area contributed by atoms with Crippen molar-refractivity contribution in [3.05, 3.63) is 23.8 Å². The van der Waals surface area contributed by atoms with Gasteiger partial charge in [0.2, 0.25) is 0 Å². The van der Waals surface area contributed by atoms with Gasteiger partial charge >= 0.3 is 0 Å².